The fourth-order valence-electron chi connectivity index (χ4n) is 2.05. The van der Waals surface area contributed by atoms with Gasteiger partial charge in [0.2, 0.25) is 0 Å². The van der Waals surface area contributed by atoms with Crippen LogP contribution in [0.4, 0.5) is 5.69 Å². The van der Waals surface area contributed by atoms with Crippen LogP contribution in [0.25, 0.3) is 0 Å². The first kappa shape index (κ1) is 11.9. The Bertz CT molecular complexity index is 411. The number of ether oxygens (including phenoxy) is 1. The second-order valence-corrected chi connectivity index (χ2v) is 4.11. The Hall–Kier alpha value is -1.55. The molecule has 4 nitrogen and oxygen atoms in total. The highest BCUT2D eigenvalue weighted by molar-refractivity contribution is 5.94. The van der Waals surface area contributed by atoms with Crippen molar-refractivity contribution in [2.45, 2.75) is 13.3 Å². The molecule has 1 heterocycles. The molecule has 92 valence electrons. The Balaban J connectivity index is 2.34. The smallest absolute Gasteiger partial charge is 0.337 e. The van der Waals surface area contributed by atoms with Gasteiger partial charge >= 0.3 is 5.97 Å². The Morgan fingerprint density at radius 1 is 1.41 bits per heavy atom. The molecule has 0 aromatic heterocycles. The van der Waals surface area contributed by atoms with Crippen LogP contribution in [0.3, 0.4) is 0 Å². The molecule has 0 unspecified atom stereocenters. The summed E-state index contributed by atoms with van der Waals surface area (Å²) >= 11 is 0. The molecule has 1 aromatic carbocycles. The van der Waals surface area contributed by atoms with Crippen molar-refractivity contribution in [1.82, 2.24) is 0 Å². The maximum atomic E-state index is 11.3. The van der Waals surface area contributed by atoms with E-state index in [1.54, 1.807) is 6.07 Å². The van der Waals surface area contributed by atoms with E-state index in [4.69, 9.17) is 4.74 Å². The number of nitrogens with zero attached hydrogens (tertiary/aromatic N) is 1. The fraction of sp³-hybridized carbons (Fsp3) is 0.462. The van der Waals surface area contributed by atoms with E-state index < -0.39 is 5.97 Å². The molecule has 0 aliphatic carbocycles. The number of rotatable bonds is 3. The molecule has 1 aliphatic heterocycles. The number of anilines is 1. The van der Waals surface area contributed by atoms with Gasteiger partial charge in [-0.25, -0.2) is 4.79 Å². The van der Waals surface area contributed by atoms with Crippen molar-refractivity contribution < 1.29 is 14.6 Å². The van der Waals surface area contributed by atoms with E-state index >= 15 is 0 Å². The summed E-state index contributed by atoms with van der Waals surface area (Å²) in [6.07, 6.45) is 0.851. The standard InChI is InChI=1S/C13H17NO3/c1-2-10-3-4-12(11(9-10)13(15)16)14-5-7-17-8-6-14/h3-4,9H,2,5-8H2,1H3,(H,15,16). The van der Waals surface area contributed by atoms with E-state index in [0.717, 1.165) is 30.8 Å². The van der Waals surface area contributed by atoms with Crippen LogP contribution >= 0.6 is 0 Å². The van der Waals surface area contributed by atoms with Crippen LogP contribution in [0.2, 0.25) is 0 Å². The summed E-state index contributed by atoms with van der Waals surface area (Å²) in [6, 6.07) is 5.68. The fourth-order valence-corrected chi connectivity index (χ4v) is 2.05. The molecule has 0 saturated carbocycles. The maximum Gasteiger partial charge on any atom is 0.337 e. The molecule has 1 aromatic rings. The lowest BCUT2D eigenvalue weighted by Gasteiger charge is -2.30. The molecule has 1 fully saturated rings. The summed E-state index contributed by atoms with van der Waals surface area (Å²) in [6.45, 7) is 4.86. The van der Waals surface area contributed by atoms with Gasteiger partial charge in [0.15, 0.2) is 0 Å². The predicted molar refractivity (Wildman–Crippen MR) is 65.8 cm³/mol. The van der Waals surface area contributed by atoms with Gasteiger partial charge in [0.05, 0.1) is 24.5 Å². The molecule has 0 amide bonds. The van der Waals surface area contributed by atoms with Crippen molar-refractivity contribution in [2.24, 2.45) is 0 Å². The molecule has 0 bridgehead atoms. The van der Waals surface area contributed by atoms with Gasteiger partial charge in [0.1, 0.15) is 0 Å². The summed E-state index contributed by atoms with van der Waals surface area (Å²) < 4.78 is 5.28. The summed E-state index contributed by atoms with van der Waals surface area (Å²) in [4.78, 5) is 13.4. The number of aromatic carboxylic acids is 1. The number of benzene rings is 1. The van der Waals surface area contributed by atoms with Crippen molar-refractivity contribution >= 4 is 11.7 Å². The largest absolute Gasteiger partial charge is 0.478 e. The molecule has 4 heteroatoms. The average Bonchev–Trinajstić information content (AvgIpc) is 2.39. The third kappa shape index (κ3) is 2.58. The van der Waals surface area contributed by atoms with Crippen LogP contribution in [0.15, 0.2) is 18.2 Å². The first-order chi connectivity index (χ1) is 8.22. The number of hydrogen-bond donors (Lipinski definition) is 1. The van der Waals surface area contributed by atoms with Crippen LogP contribution in [0, 0.1) is 0 Å². The van der Waals surface area contributed by atoms with E-state index in [9.17, 15) is 9.90 Å². The minimum Gasteiger partial charge on any atom is -0.478 e. The Kier molecular flexibility index (Phi) is 3.64. The number of carbonyl (C=O) groups is 1. The molecule has 0 atom stereocenters. The Labute approximate surface area is 101 Å². The molecule has 0 radical (unpaired) electrons. The highest BCUT2D eigenvalue weighted by Gasteiger charge is 2.18. The van der Waals surface area contributed by atoms with E-state index in [-0.39, 0.29) is 0 Å². The number of hydrogen-bond acceptors (Lipinski definition) is 3. The van der Waals surface area contributed by atoms with Crippen LogP contribution < -0.4 is 4.90 Å². The van der Waals surface area contributed by atoms with Gasteiger partial charge in [-0.3, -0.25) is 0 Å². The van der Waals surface area contributed by atoms with Gasteiger partial charge in [0.25, 0.3) is 0 Å². The van der Waals surface area contributed by atoms with E-state index in [0.29, 0.717) is 18.8 Å². The highest BCUT2D eigenvalue weighted by Crippen LogP contribution is 2.23. The molecule has 1 aliphatic rings. The maximum absolute atomic E-state index is 11.3. The summed E-state index contributed by atoms with van der Waals surface area (Å²) in [5.74, 6) is -0.859. The van der Waals surface area contributed by atoms with Crippen molar-refractivity contribution in [3.63, 3.8) is 0 Å². The lowest BCUT2D eigenvalue weighted by molar-refractivity contribution is 0.0696. The zero-order chi connectivity index (χ0) is 12.3. The minimum absolute atomic E-state index is 0.395. The van der Waals surface area contributed by atoms with Crippen molar-refractivity contribution in [3.05, 3.63) is 29.3 Å². The van der Waals surface area contributed by atoms with E-state index in [1.165, 1.54) is 0 Å². The zero-order valence-electron chi connectivity index (χ0n) is 9.98. The second kappa shape index (κ2) is 5.19. The topological polar surface area (TPSA) is 49.8 Å². The molecular weight excluding hydrogens is 218 g/mol. The second-order valence-electron chi connectivity index (χ2n) is 4.11. The normalized spacial score (nSPS) is 15.9. The van der Waals surface area contributed by atoms with Crippen molar-refractivity contribution in [1.29, 1.82) is 0 Å². The monoisotopic (exact) mass is 235 g/mol. The molecular formula is C13H17NO3. The van der Waals surface area contributed by atoms with Gasteiger partial charge in [0, 0.05) is 13.1 Å². The van der Waals surface area contributed by atoms with E-state index in [1.807, 2.05) is 19.1 Å². The first-order valence-corrected chi connectivity index (χ1v) is 5.91. The first-order valence-electron chi connectivity index (χ1n) is 5.91. The minimum atomic E-state index is -0.859. The summed E-state index contributed by atoms with van der Waals surface area (Å²) in [5, 5.41) is 9.26. The highest BCUT2D eigenvalue weighted by atomic mass is 16.5. The lowest BCUT2D eigenvalue weighted by atomic mass is 10.1. The number of carboxylic acids is 1. The van der Waals surface area contributed by atoms with Crippen LogP contribution in [0.1, 0.15) is 22.8 Å². The Morgan fingerprint density at radius 3 is 2.71 bits per heavy atom. The van der Waals surface area contributed by atoms with Crippen LogP contribution in [-0.2, 0) is 11.2 Å². The Morgan fingerprint density at radius 2 is 2.12 bits per heavy atom. The van der Waals surface area contributed by atoms with Crippen LogP contribution in [0.5, 0.6) is 0 Å². The third-order valence-corrected chi connectivity index (χ3v) is 3.05. The molecule has 2 rings (SSSR count). The van der Waals surface area contributed by atoms with Gasteiger partial charge in [-0.1, -0.05) is 13.0 Å². The summed E-state index contributed by atoms with van der Waals surface area (Å²) in [7, 11) is 0. The van der Waals surface area contributed by atoms with Gasteiger partial charge in [-0.05, 0) is 24.1 Å². The lowest BCUT2D eigenvalue weighted by Crippen LogP contribution is -2.37. The SMILES string of the molecule is CCc1ccc(N2CCOCC2)c(C(=O)O)c1. The average molecular weight is 235 g/mol. The van der Waals surface area contributed by atoms with Gasteiger partial charge in [-0.2, -0.15) is 0 Å². The van der Waals surface area contributed by atoms with Gasteiger partial charge < -0.3 is 14.7 Å². The summed E-state index contributed by atoms with van der Waals surface area (Å²) in [5.41, 5.74) is 2.25. The number of morpholine rings is 1. The third-order valence-electron chi connectivity index (χ3n) is 3.05. The van der Waals surface area contributed by atoms with E-state index in [2.05, 4.69) is 4.90 Å². The molecule has 1 N–H and O–H groups in total. The number of carboxylic acid groups (broad SMARTS) is 1. The zero-order valence-corrected chi connectivity index (χ0v) is 9.98. The molecule has 0 spiro atoms. The van der Waals surface area contributed by atoms with Crippen molar-refractivity contribution in [2.75, 3.05) is 31.2 Å². The molecule has 17 heavy (non-hydrogen) atoms. The number of aryl methyl sites for hydroxylation is 1. The molecule has 1 saturated heterocycles. The van der Waals surface area contributed by atoms with Gasteiger partial charge in [-0.15, -0.1) is 0 Å². The predicted octanol–water partition coefficient (Wildman–Crippen LogP) is 1.78. The van der Waals surface area contributed by atoms with Crippen LogP contribution in [-0.4, -0.2) is 37.4 Å². The quantitative estimate of drug-likeness (QED) is 0.867. The van der Waals surface area contributed by atoms with Crippen molar-refractivity contribution in [3.8, 4) is 0 Å².